The number of rotatable bonds is 5. The van der Waals surface area contributed by atoms with E-state index in [2.05, 4.69) is 10.2 Å². The maximum absolute atomic E-state index is 12.4. The minimum absolute atomic E-state index is 0.0839. The molecule has 1 heterocycles. The van der Waals surface area contributed by atoms with Crippen LogP contribution in [0.1, 0.15) is 5.56 Å². The number of benzene rings is 2. The van der Waals surface area contributed by atoms with E-state index in [0.717, 1.165) is 35.8 Å². The van der Waals surface area contributed by atoms with Crippen molar-refractivity contribution in [2.45, 2.75) is 0 Å². The largest absolute Gasteiger partial charge is 0.497 e. The van der Waals surface area contributed by atoms with E-state index in [1.807, 2.05) is 59.5 Å². The third-order valence-electron chi connectivity index (χ3n) is 4.59. The lowest BCUT2D eigenvalue weighted by molar-refractivity contribution is 0.198. The number of urea groups is 1. The van der Waals surface area contributed by atoms with Gasteiger partial charge in [0, 0.05) is 32.4 Å². The highest BCUT2D eigenvalue weighted by Crippen LogP contribution is 2.28. The molecule has 0 bridgehead atoms. The van der Waals surface area contributed by atoms with E-state index in [1.165, 1.54) is 0 Å². The normalized spacial score (nSPS) is 14.3. The summed E-state index contributed by atoms with van der Waals surface area (Å²) >= 11 is 0. The molecule has 0 atom stereocenters. The van der Waals surface area contributed by atoms with Crippen LogP contribution in [0.3, 0.4) is 0 Å². The summed E-state index contributed by atoms with van der Waals surface area (Å²) in [4.78, 5) is 16.4. The van der Waals surface area contributed by atoms with E-state index in [9.17, 15) is 4.79 Å². The zero-order valence-electron chi connectivity index (χ0n) is 15.7. The minimum atomic E-state index is -0.0839. The molecule has 27 heavy (non-hydrogen) atoms. The van der Waals surface area contributed by atoms with Gasteiger partial charge in [0.05, 0.1) is 19.9 Å². The molecule has 0 aliphatic carbocycles. The number of carbonyl (C=O) groups excluding carboxylic acids is 1. The van der Waals surface area contributed by atoms with Crippen LogP contribution in [0, 0.1) is 0 Å². The summed E-state index contributed by atoms with van der Waals surface area (Å²) in [5, 5.41) is 2.84. The highest BCUT2D eigenvalue weighted by molar-refractivity contribution is 5.76. The molecule has 1 aliphatic heterocycles. The lowest BCUT2D eigenvalue weighted by Gasteiger charge is -2.36. The molecule has 1 aliphatic rings. The second-order valence-corrected chi connectivity index (χ2v) is 6.20. The van der Waals surface area contributed by atoms with Crippen molar-refractivity contribution in [3.05, 3.63) is 60.3 Å². The van der Waals surface area contributed by atoms with Crippen LogP contribution >= 0.6 is 0 Å². The number of para-hydroxylation sites is 2. The monoisotopic (exact) mass is 367 g/mol. The third-order valence-corrected chi connectivity index (χ3v) is 4.59. The van der Waals surface area contributed by atoms with Crippen molar-refractivity contribution < 1.29 is 14.3 Å². The van der Waals surface area contributed by atoms with Crippen LogP contribution in [-0.2, 0) is 0 Å². The van der Waals surface area contributed by atoms with E-state index in [-0.39, 0.29) is 6.03 Å². The number of piperazine rings is 1. The van der Waals surface area contributed by atoms with E-state index in [0.29, 0.717) is 13.1 Å². The van der Waals surface area contributed by atoms with E-state index < -0.39 is 0 Å². The first kappa shape index (κ1) is 18.6. The lowest BCUT2D eigenvalue weighted by atomic mass is 10.2. The fraction of sp³-hybridized carbons (Fsp3) is 0.286. The predicted molar refractivity (Wildman–Crippen MR) is 107 cm³/mol. The van der Waals surface area contributed by atoms with Gasteiger partial charge in [0.25, 0.3) is 0 Å². The Morgan fingerprint density at radius 2 is 1.67 bits per heavy atom. The second kappa shape index (κ2) is 8.98. The molecule has 6 heteroatoms. The van der Waals surface area contributed by atoms with Crippen LogP contribution in [0.5, 0.6) is 11.5 Å². The number of nitrogens with zero attached hydrogens (tertiary/aromatic N) is 2. The molecule has 0 saturated carbocycles. The standard InChI is InChI=1S/C21H25N3O3/c1-26-18-9-7-17(8-10-18)11-12-22-21(25)24-15-13-23(14-16-24)19-5-3-4-6-20(19)27-2/h3-12H,13-16H2,1-2H3,(H,22,25)/b12-11+. The number of carbonyl (C=O) groups is 1. The van der Waals surface area contributed by atoms with Crippen molar-refractivity contribution in [1.29, 1.82) is 0 Å². The first-order valence-corrected chi connectivity index (χ1v) is 8.95. The van der Waals surface area contributed by atoms with Gasteiger partial charge in [-0.1, -0.05) is 24.3 Å². The number of hydrogen-bond donors (Lipinski definition) is 1. The fourth-order valence-electron chi connectivity index (χ4n) is 3.06. The molecule has 2 aromatic carbocycles. The first-order valence-electron chi connectivity index (χ1n) is 8.95. The van der Waals surface area contributed by atoms with E-state index in [1.54, 1.807) is 20.4 Å². The van der Waals surface area contributed by atoms with Gasteiger partial charge in [0.15, 0.2) is 0 Å². The molecule has 142 valence electrons. The van der Waals surface area contributed by atoms with Crippen molar-refractivity contribution in [2.75, 3.05) is 45.3 Å². The van der Waals surface area contributed by atoms with Gasteiger partial charge in [-0.15, -0.1) is 0 Å². The Morgan fingerprint density at radius 1 is 0.963 bits per heavy atom. The SMILES string of the molecule is COc1ccc(/C=C/NC(=O)N2CCN(c3ccccc3OC)CC2)cc1. The summed E-state index contributed by atoms with van der Waals surface area (Å²) in [7, 11) is 3.32. The maximum atomic E-state index is 12.4. The summed E-state index contributed by atoms with van der Waals surface area (Å²) in [6, 6.07) is 15.5. The van der Waals surface area contributed by atoms with Crippen molar-refractivity contribution in [3.8, 4) is 11.5 Å². The number of anilines is 1. The van der Waals surface area contributed by atoms with Gasteiger partial charge in [0.2, 0.25) is 0 Å². The molecule has 0 spiro atoms. The smallest absolute Gasteiger partial charge is 0.321 e. The Balaban J connectivity index is 1.50. The molecular weight excluding hydrogens is 342 g/mol. The number of hydrogen-bond acceptors (Lipinski definition) is 4. The average molecular weight is 367 g/mol. The van der Waals surface area contributed by atoms with Gasteiger partial charge in [-0.2, -0.15) is 0 Å². The Bertz CT molecular complexity index is 782. The van der Waals surface area contributed by atoms with Gasteiger partial charge in [0.1, 0.15) is 11.5 Å². The summed E-state index contributed by atoms with van der Waals surface area (Å²) in [5.74, 6) is 1.67. The van der Waals surface area contributed by atoms with Gasteiger partial charge in [-0.3, -0.25) is 0 Å². The van der Waals surface area contributed by atoms with Crippen LogP contribution in [-0.4, -0.2) is 51.3 Å². The molecule has 6 nitrogen and oxygen atoms in total. The molecule has 0 aromatic heterocycles. The molecule has 2 amide bonds. The predicted octanol–water partition coefficient (Wildman–Crippen LogP) is 3.21. The summed E-state index contributed by atoms with van der Waals surface area (Å²) in [6.07, 6.45) is 3.54. The Morgan fingerprint density at radius 3 is 2.33 bits per heavy atom. The molecule has 0 radical (unpaired) electrons. The summed E-state index contributed by atoms with van der Waals surface area (Å²) < 4.78 is 10.6. The van der Waals surface area contributed by atoms with E-state index in [4.69, 9.17) is 9.47 Å². The van der Waals surface area contributed by atoms with Crippen molar-refractivity contribution >= 4 is 17.8 Å². The Kier molecular flexibility index (Phi) is 6.20. The highest BCUT2D eigenvalue weighted by atomic mass is 16.5. The molecule has 0 unspecified atom stereocenters. The van der Waals surface area contributed by atoms with Crippen LogP contribution in [0.15, 0.2) is 54.7 Å². The molecule has 2 aromatic rings. The Labute approximate surface area is 160 Å². The molecular formula is C21H25N3O3. The van der Waals surface area contributed by atoms with Crippen molar-refractivity contribution in [3.63, 3.8) is 0 Å². The lowest BCUT2D eigenvalue weighted by Crippen LogP contribution is -2.51. The maximum Gasteiger partial charge on any atom is 0.321 e. The quantitative estimate of drug-likeness (QED) is 0.882. The van der Waals surface area contributed by atoms with Gasteiger partial charge >= 0.3 is 6.03 Å². The van der Waals surface area contributed by atoms with Crippen molar-refractivity contribution in [1.82, 2.24) is 10.2 Å². The van der Waals surface area contributed by atoms with Crippen LogP contribution in [0.4, 0.5) is 10.5 Å². The van der Waals surface area contributed by atoms with Gasteiger partial charge < -0.3 is 24.6 Å². The summed E-state index contributed by atoms with van der Waals surface area (Å²) in [6.45, 7) is 2.88. The third kappa shape index (κ3) is 4.73. The number of ether oxygens (including phenoxy) is 2. The first-order chi connectivity index (χ1) is 13.2. The zero-order valence-corrected chi connectivity index (χ0v) is 15.7. The number of amides is 2. The second-order valence-electron chi connectivity index (χ2n) is 6.20. The molecule has 1 saturated heterocycles. The van der Waals surface area contributed by atoms with Crippen LogP contribution < -0.4 is 19.7 Å². The summed E-state index contributed by atoms with van der Waals surface area (Å²) in [5.41, 5.74) is 2.07. The molecule has 3 rings (SSSR count). The minimum Gasteiger partial charge on any atom is -0.497 e. The van der Waals surface area contributed by atoms with Crippen LogP contribution in [0.25, 0.3) is 6.08 Å². The Hall–Kier alpha value is -3.15. The van der Waals surface area contributed by atoms with E-state index >= 15 is 0 Å². The number of nitrogens with one attached hydrogen (secondary N) is 1. The highest BCUT2D eigenvalue weighted by Gasteiger charge is 2.22. The molecule has 1 N–H and O–H groups in total. The van der Waals surface area contributed by atoms with Crippen LogP contribution in [0.2, 0.25) is 0 Å². The number of methoxy groups -OCH3 is 2. The molecule has 1 fully saturated rings. The zero-order chi connectivity index (χ0) is 19.1. The average Bonchev–Trinajstić information content (AvgIpc) is 2.74. The fourth-order valence-corrected chi connectivity index (χ4v) is 3.06. The van der Waals surface area contributed by atoms with Crippen molar-refractivity contribution in [2.24, 2.45) is 0 Å². The van der Waals surface area contributed by atoms with Gasteiger partial charge in [-0.05, 0) is 35.9 Å². The van der Waals surface area contributed by atoms with Gasteiger partial charge in [-0.25, -0.2) is 4.79 Å². The topological polar surface area (TPSA) is 54.0 Å².